The highest BCUT2D eigenvalue weighted by Gasteiger charge is 2.27. The minimum absolute atomic E-state index is 0.0359. The molecular weight excluding hydrogens is 336 g/mol. The molecule has 26 heavy (non-hydrogen) atoms. The summed E-state index contributed by atoms with van der Waals surface area (Å²) in [5.41, 5.74) is 0.810. The molecule has 7 nitrogen and oxygen atoms in total. The number of nitrogens with one attached hydrogen (secondary N) is 2. The zero-order valence-corrected chi connectivity index (χ0v) is 15.5. The summed E-state index contributed by atoms with van der Waals surface area (Å²) in [5, 5.41) is 23.8. The van der Waals surface area contributed by atoms with Gasteiger partial charge in [0.2, 0.25) is 5.91 Å². The number of carbonyl (C=O) groups is 3. The van der Waals surface area contributed by atoms with Crippen molar-refractivity contribution in [2.75, 3.05) is 6.54 Å². The Hall–Kier alpha value is -2.41. The van der Waals surface area contributed by atoms with E-state index in [1.54, 1.807) is 24.3 Å². The summed E-state index contributed by atoms with van der Waals surface area (Å²) in [4.78, 5) is 35.0. The van der Waals surface area contributed by atoms with Crippen molar-refractivity contribution in [3.63, 3.8) is 0 Å². The average molecular weight is 364 g/mol. The van der Waals surface area contributed by atoms with Gasteiger partial charge in [-0.05, 0) is 23.9 Å². The predicted octanol–water partition coefficient (Wildman–Crippen LogP) is 1.67. The number of hydrogen-bond donors (Lipinski definition) is 4. The zero-order valence-electron chi connectivity index (χ0n) is 15.5. The second-order valence-corrected chi connectivity index (χ2v) is 7.50. The number of aliphatic carboxylic acids is 2. The largest absolute Gasteiger partial charge is 0.481 e. The van der Waals surface area contributed by atoms with Gasteiger partial charge in [-0.2, -0.15) is 0 Å². The van der Waals surface area contributed by atoms with Crippen LogP contribution in [-0.4, -0.2) is 46.7 Å². The van der Waals surface area contributed by atoms with E-state index in [1.807, 2.05) is 26.8 Å². The molecule has 0 spiro atoms. The second kappa shape index (κ2) is 9.91. The Morgan fingerprint density at radius 1 is 1.04 bits per heavy atom. The van der Waals surface area contributed by atoms with Crippen molar-refractivity contribution in [3.05, 3.63) is 35.9 Å². The van der Waals surface area contributed by atoms with Crippen LogP contribution in [0.3, 0.4) is 0 Å². The van der Waals surface area contributed by atoms with Gasteiger partial charge in [-0.25, -0.2) is 4.79 Å². The van der Waals surface area contributed by atoms with Crippen LogP contribution in [0.15, 0.2) is 30.3 Å². The maximum atomic E-state index is 12.4. The fraction of sp³-hybridized carbons (Fsp3) is 0.526. The van der Waals surface area contributed by atoms with Crippen LogP contribution in [-0.2, 0) is 20.8 Å². The van der Waals surface area contributed by atoms with Crippen LogP contribution < -0.4 is 10.6 Å². The molecule has 1 rings (SSSR count). The van der Waals surface area contributed by atoms with E-state index in [1.165, 1.54) is 0 Å². The summed E-state index contributed by atoms with van der Waals surface area (Å²) in [6, 6.07) is 6.85. The first-order valence-electron chi connectivity index (χ1n) is 8.61. The summed E-state index contributed by atoms with van der Waals surface area (Å²) in [5.74, 6) is -2.90. The monoisotopic (exact) mass is 364 g/mol. The molecule has 0 aromatic heterocycles. The summed E-state index contributed by atoms with van der Waals surface area (Å²) in [6.07, 6.45) is 0.472. The first kappa shape index (κ1) is 21.6. The first-order chi connectivity index (χ1) is 12.1. The molecule has 2 atom stereocenters. The normalized spacial score (nSPS) is 13.7. The first-order valence-corrected chi connectivity index (χ1v) is 8.61. The molecule has 1 aromatic rings. The molecule has 0 saturated carbocycles. The number of benzene rings is 1. The van der Waals surface area contributed by atoms with Crippen molar-refractivity contribution < 1.29 is 24.6 Å². The SMILES string of the molecule is CC(C)(C)CCN[C@@H](CC(=O)O)C(=O)NC(Cc1ccccc1)C(=O)O. The Bertz CT molecular complexity index is 610. The van der Waals surface area contributed by atoms with Crippen LogP contribution in [0, 0.1) is 5.41 Å². The van der Waals surface area contributed by atoms with Crippen LogP contribution in [0.5, 0.6) is 0 Å². The second-order valence-electron chi connectivity index (χ2n) is 7.50. The van der Waals surface area contributed by atoms with Crippen molar-refractivity contribution in [3.8, 4) is 0 Å². The lowest BCUT2D eigenvalue weighted by Crippen LogP contribution is -2.52. The number of carbonyl (C=O) groups excluding carboxylic acids is 1. The van der Waals surface area contributed by atoms with Crippen molar-refractivity contribution >= 4 is 17.8 Å². The number of carboxylic acid groups (broad SMARTS) is 2. The average Bonchev–Trinajstić information content (AvgIpc) is 2.52. The van der Waals surface area contributed by atoms with Crippen LogP contribution in [0.1, 0.15) is 39.2 Å². The van der Waals surface area contributed by atoms with E-state index in [9.17, 15) is 19.5 Å². The smallest absolute Gasteiger partial charge is 0.326 e. The van der Waals surface area contributed by atoms with Gasteiger partial charge >= 0.3 is 11.9 Å². The Morgan fingerprint density at radius 3 is 2.15 bits per heavy atom. The summed E-state index contributed by atoms with van der Waals surface area (Å²) in [7, 11) is 0. The van der Waals surface area contributed by atoms with Crippen molar-refractivity contribution in [1.29, 1.82) is 0 Å². The van der Waals surface area contributed by atoms with E-state index in [2.05, 4.69) is 10.6 Å². The van der Waals surface area contributed by atoms with E-state index < -0.39 is 36.4 Å². The number of rotatable bonds is 10. The molecular formula is C19H28N2O5. The highest BCUT2D eigenvalue weighted by molar-refractivity contribution is 5.89. The van der Waals surface area contributed by atoms with Gasteiger partial charge in [0.1, 0.15) is 6.04 Å². The lowest BCUT2D eigenvalue weighted by Gasteiger charge is -2.23. The standard InChI is InChI=1S/C19H28N2O5/c1-19(2,3)9-10-20-14(12-16(22)23)17(24)21-15(18(25)26)11-13-7-5-4-6-8-13/h4-8,14-15,20H,9-12H2,1-3H3,(H,21,24)(H,22,23)(H,25,26)/t14-,15?/m0/s1. The molecule has 0 saturated heterocycles. The molecule has 7 heteroatoms. The summed E-state index contributed by atoms with van der Waals surface area (Å²) >= 11 is 0. The quantitative estimate of drug-likeness (QED) is 0.502. The molecule has 0 bridgehead atoms. The predicted molar refractivity (Wildman–Crippen MR) is 97.8 cm³/mol. The minimum Gasteiger partial charge on any atom is -0.481 e. The van der Waals surface area contributed by atoms with E-state index in [0.29, 0.717) is 6.54 Å². The maximum absolute atomic E-state index is 12.4. The lowest BCUT2D eigenvalue weighted by atomic mass is 9.92. The zero-order chi connectivity index (χ0) is 19.7. The van der Waals surface area contributed by atoms with Crippen LogP contribution >= 0.6 is 0 Å². The Balaban J connectivity index is 2.74. The van der Waals surface area contributed by atoms with Gasteiger partial charge < -0.3 is 20.8 Å². The highest BCUT2D eigenvalue weighted by atomic mass is 16.4. The summed E-state index contributed by atoms with van der Waals surface area (Å²) < 4.78 is 0. The number of amides is 1. The van der Waals surface area contributed by atoms with E-state index in [0.717, 1.165) is 12.0 Å². The molecule has 0 radical (unpaired) electrons. The van der Waals surface area contributed by atoms with E-state index >= 15 is 0 Å². The molecule has 0 fully saturated rings. The molecule has 1 amide bonds. The third kappa shape index (κ3) is 8.62. The Morgan fingerprint density at radius 2 is 1.65 bits per heavy atom. The third-order valence-electron chi connectivity index (χ3n) is 3.86. The summed E-state index contributed by atoms with van der Waals surface area (Å²) in [6.45, 7) is 6.59. The molecule has 4 N–H and O–H groups in total. The fourth-order valence-corrected chi connectivity index (χ4v) is 2.38. The van der Waals surface area contributed by atoms with Gasteiger partial charge in [-0.1, -0.05) is 51.1 Å². The molecule has 1 unspecified atom stereocenters. The van der Waals surface area contributed by atoms with Gasteiger partial charge in [0.25, 0.3) is 0 Å². The minimum atomic E-state index is -1.16. The van der Waals surface area contributed by atoms with Gasteiger partial charge in [-0.3, -0.25) is 9.59 Å². The van der Waals surface area contributed by atoms with Crippen molar-refractivity contribution in [1.82, 2.24) is 10.6 Å². The maximum Gasteiger partial charge on any atom is 0.326 e. The molecule has 0 heterocycles. The Labute approximate surface area is 153 Å². The van der Waals surface area contributed by atoms with Crippen LogP contribution in [0.25, 0.3) is 0 Å². The van der Waals surface area contributed by atoms with Gasteiger partial charge in [0, 0.05) is 6.42 Å². The molecule has 0 aliphatic heterocycles. The third-order valence-corrected chi connectivity index (χ3v) is 3.86. The Kier molecular flexibility index (Phi) is 8.25. The molecule has 0 aliphatic carbocycles. The number of carboxylic acids is 2. The van der Waals surface area contributed by atoms with Crippen molar-refractivity contribution in [2.24, 2.45) is 5.41 Å². The van der Waals surface area contributed by atoms with E-state index in [-0.39, 0.29) is 11.8 Å². The molecule has 0 aliphatic rings. The molecule has 144 valence electrons. The number of hydrogen-bond acceptors (Lipinski definition) is 4. The van der Waals surface area contributed by atoms with Crippen LogP contribution in [0.2, 0.25) is 0 Å². The van der Waals surface area contributed by atoms with Gasteiger partial charge in [0.15, 0.2) is 0 Å². The molecule has 1 aromatic carbocycles. The van der Waals surface area contributed by atoms with Crippen molar-refractivity contribution in [2.45, 2.75) is 52.1 Å². The van der Waals surface area contributed by atoms with Gasteiger partial charge in [0.05, 0.1) is 12.5 Å². The lowest BCUT2D eigenvalue weighted by molar-refractivity contribution is -0.143. The fourth-order valence-electron chi connectivity index (χ4n) is 2.38. The van der Waals surface area contributed by atoms with Crippen LogP contribution in [0.4, 0.5) is 0 Å². The topological polar surface area (TPSA) is 116 Å². The van der Waals surface area contributed by atoms with E-state index in [4.69, 9.17) is 5.11 Å². The highest BCUT2D eigenvalue weighted by Crippen LogP contribution is 2.17. The van der Waals surface area contributed by atoms with Gasteiger partial charge in [-0.15, -0.1) is 0 Å².